The van der Waals surface area contributed by atoms with Gasteiger partial charge >= 0.3 is 0 Å². The Balaban J connectivity index is 1.89. The average molecular weight is 263 g/mol. The van der Waals surface area contributed by atoms with E-state index in [0.29, 0.717) is 13.2 Å². The molecule has 0 radical (unpaired) electrons. The summed E-state index contributed by atoms with van der Waals surface area (Å²) in [4.78, 5) is 0. The molecule has 0 aliphatic rings. The molecule has 0 amide bonds. The lowest BCUT2D eigenvalue weighted by atomic mass is 10.2. The molecule has 104 valence electrons. The Labute approximate surface area is 113 Å². The molecular weight excluding hydrogens is 242 g/mol. The van der Waals surface area contributed by atoms with Gasteiger partial charge in [-0.1, -0.05) is 12.1 Å². The van der Waals surface area contributed by atoms with Crippen molar-refractivity contribution in [3.8, 4) is 0 Å². The first-order valence-corrected chi connectivity index (χ1v) is 6.60. The van der Waals surface area contributed by atoms with Crippen molar-refractivity contribution in [2.45, 2.75) is 19.6 Å². The van der Waals surface area contributed by atoms with Gasteiger partial charge in [0, 0.05) is 32.0 Å². The van der Waals surface area contributed by atoms with Crippen LogP contribution in [0.15, 0.2) is 30.5 Å². The number of aliphatic hydroxyl groups excluding tert-OH is 1. The molecule has 0 unspecified atom stereocenters. The number of benzene rings is 1. The second-order valence-electron chi connectivity index (χ2n) is 4.52. The zero-order valence-electron chi connectivity index (χ0n) is 11.3. The molecule has 2 rings (SSSR count). The zero-order valence-corrected chi connectivity index (χ0v) is 11.3. The minimum atomic E-state index is 0.0846. The molecule has 0 bridgehead atoms. The quantitative estimate of drug-likeness (QED) is 0.742. The fourth-order valence-electron chi connectivity index (χ4n) is 2.10. The number of aryl methyl sites for hydroxylation is 1. The molecule has 4 nitrogen and oxygen atoms in total. The Kier molecular flexibility index (Phi) is 5.39. The first-order valence-electron chi connectivity index (χ1n) is 6.60. The maximum absolute atomic E-state index is 9.18. The van der Waals surface area contributed by atoms with Gasteiger partial charge in [-0.15, -0.1) is 0 Å². The van der Waals surface area contributed by atoms with Crippen LogP contribution in [0.3, 0.4) is 0 Å². The maximum atomic E-state index is 9.18. The molecule has 0 spiro atoms. The molecule has 1 heterocycles. The van der Waals surface area contributed by atoms with Crippen molar-refractivity contribution in [2.24, 2.45) is 0 Å². The predicted molar refractivity (Wildman–Crippen MR) is 75.2 cm³/mol. The highest BCUT2D eigenvalue weighted by molar-refractivity contribution is 5.80. The van der Waals surface area contributed by atoms with Gasteiger partial charge in [0.25, 0.3) is 0 Å². The lowest BCUT2D eigenvalue weighted by molar-refractivity contribution is 0.0681. The van der Waals surface area contributed by atoms with Gasteiger partial charge in [0.05, 0.1) is 19.8 Å². The molecule has 0 atom stereocenters. The Morgan fingerprint density at radius 2 is 2.05 bits per heavy atom. The van der Waals surface area contributed by atoms with Crippen molar-refractivity contribution in [3.63, 3.8) is 0 Å². The first-order chi connectivity index (χ1) is 9.35. The molecule has 1 aromatic carbocycles. The zero-order chi connectivity index (χ0) is 13.5. The van der Waals surface area contributed by atoms with Gasteiger partial charge in [-0.2, -0.15) is 0 Å². The molecule has 0 aliphatic carbocycles. The third-order valence-electron chi connectivity index (χ3n) is 3.14. The van der Waals surface area contributed by atoms with Gasteiger partial charge in [-0.25, -0.2) is 0 Å². The highest BCUT2D eigenvalue weighted by Gasteiger charge is 2.02. The van der Waals surface area contributed by atoms with E-state index in [0.717, 1.165) is 25.1 Å². The van der Waals surface area contributed by atoms with E-state index >= 15 is 0 Å². The Morgan fingerprint density at radius 3 is 2.84 bits per heavy atom. The molecule has 0 aliphatic heterocycles. The largest absolute Gasteiger partial charge is 0.392 e. The van der Waals surface area contributed by atoms with E-state index in [1.807, 2.05) is 18.2 Å². The summed E-state index contributed by atoms with van der Waals surface area (Å²) in [5.41, 5.74) is 2.12. The number of methoxy groups -OCH3 is 1. The van der Waals surface area contributed by atoms with Gasteiger partial charge in [0.1, 0.15) is 0 Å². The number of hydrogen-bond donors (Lipinski definition) is 1. The van der Waals surface area contributed by atoms with Crippen LogP contribution in [0, 0.1) is 0 Å². The maximum Gasteiger partial charge on any atom is 0.0700 e. The Morgan fingerprint density at radius 1 is 1.16 bits per heavy atom. The van der Waals surface area contributed by atoms with Crippen LogP contribution in [0.4, 0.5) is 0 Å². The summed E-state index contributed by atoms with van der Waals surface area (Å²) in [7, 11) is 1.67. The summed E-state index contributed by atoms with van der Waals surface area (Å²) < 4.78 is 12.6. The van der Waals surface area contributed by atoms with Crippen LogP contribution in [0.5, 0.6) is 0 Å². The van der Waals surface area contributed by atoms with E-state index in [9.17, 15) is 5.11 Å². The first kappa shape index (κ1) is 14.1. The van der Waals surface area contributed by atoms with Gasteiger partial charge < -0.3 is 19.1 Å². The second kappa shape index (κ2) is 7.28. The SMILES string of the molecule is COCCOCCCn1ccc2ccc(CO)cc21. The molecule has 0 saturated carbocycles. The third-order valence-corrected chi connectivity index (χ3v) is 3.14. The van der Waals surface area contributed by atoms with Crippen LogP contribution in [0.2, 0.25) is 0 Å². The molecule has 1 aromatic heterocycles. The minimum absolute atomic E-state index is 0.0846. The number of rotatable bonds is 8. The topological polar surface area (TPSA) is 43.6 Å². The summed E-state index contributed by atoms with van der Waals surface area (Å²) in [6.07, 6.45) is 3.05. The van der Waals surface area contributed by atoms with Crippen LogP contribution in [-0.2, 0) is 22.6 Å². The summed E-state index contributed by atoms with van der Waals surface area (Å²) in [5, 5.41) is 10.4. The summed E-state index contributed by atoms with van der Waals surface area (Å²) in [6, 6.07) is 8.15. The summed E-state index contributed by atoms with van der Waals surface area (Å²) >= 11 is 0. The van der Waals surface area contributed by atoms with Crippen molar-refractivity contribution in [1.29, 1.82) is 0 Å². The monoisotopic (exact) mass is 263 g/mol. The predicted octanol–water partition coefficient (Wildman–Crippen LogP) is 2.19. The van der Waals surface area contributed by atoms with Gasteiger partial charge in [0.2, 0.25) is 0 Å². The number of nitrogens with zero attached hydrogens (tertiary/aromatic N) is 1. The van der Waals surface area contributed by atoms with Gasteiger partial charge in [-0.3, -0.25) is 0 Å². The fourth-order valence-corrected chi connectivity index (χ4v) is 2.10. The van der Waals surface area contributed by atoms with E-state index in [2.05, 4.69) is 16.8 Å². The number of fused-ring (bicyclic) bond motifs is 1. The highest BCUT2D eigenvalue weighted by Crippen LogP contribution is 2.18. The summed E-state index contributed by atoms with van der Waals surface area (Å²) in [5.74, 6) is 0. The molecule has 4 heteroatoms. The van der Waals surface area contributed by atoms with Gasteiger partial charge in [0.15, 0.2) is 0 Å². The highest BCUT2D eigenvalue weighted by atomic mass is 16.5. The Hall–Kier alpha value is -1.36. The molecule has 1 N–H and O–H groups in total. The summed E-state index contributed by atoms with van der Waals surface area (Å²) in [6.45, 7) is 3.04. The second-order valence-corrected chi connectivity index (χ2v) is 4.52. The van der Waals surface area contributed by atoms with E-state index in [1.165, 1.54) is 10.9 Å². The van der Waals surface area contributed by atoms with E-state index in [4.69, 9.17) is 9.47 Å². The van der Waals surface area contributed by atoms with Crippen LogP contribution in [0.25, 0.3) is 10.9 Å². The fraction of sp³-hybridized carbons (Fsp3) is 0.467. The van der Waals surface area contributed by atoms with E-state index in [1.54, 1.807) is 7.11 Å². The molecule has 0 saturated heterocycles. The molecular formula is C15H21NO3. The van der Waals surface area contributed by atoms with Crippen molar-refractivity contribution in [1.82, 2.24) is 4.57 Å². The third kappa shape index (κ3) is 3.80. The number of ether oxygens (including phenoxy) is 2. The van der Waals surface area contributed by atoms with Crippen LogP contribution in [0.1, 0.15) is 12.0 Å². The number of hydrogen-bond acceptors (Lipinski definition) is 3. The molecule has 19 heavy (non-hydrogen) atoms. The van der Waals surface area contributed by atoms with Crippen molar-refractivity contribution < 1.29 is 14.6 Å². The van der Waals surface area contributed by atoms with Crippen LogP contribution < -0.4 is 0 Å². The Bertz CT molecular complexity index is 507. The van der Waals surface area contributed by atoms with E-state index < -0.39 is 0 Å². The lowest BCUT2D eigenvalue weighted by Gasteiger charge is -2.07. The average Bonchev–Trinajstić information content (AvgIpc) is 2.85. The lowest BCUT2D eigenvalue weighted by Crippen LogP contribution is -2.06. The van der Waals surface area contributed by atoms with Gasteiger partial charge in [-0.05, 0) is 29.5 Å². The van der Waals surface area contributed by atoms with Crippen molar-refractivity contribution in [2.75, 3.05) is 26.9 Å². The van der Waals surface area contributed by atoms with Crippen molar-refractivity contribution >= 4 is 10.9 Å². The standard InChI is InChI=1S/C15H21NO3/c1-18-9-10-19-8-2-6-16-7-5-14-4-3-13(12-17)11-15(14)16/h3-5,7,11,17H,2,6,8-10,12H2,1H3. The van der Waals surface area contributed by atoms with Crippen molar-refractivity contribution in [3.05, 3.63) is 36.0 Å². The van der Waals surface area contributed by atoms with Crippen LogP contribution >= 0.6 is 0 Å². The smallest absolute Gasteiger partial charge is 0.0700 e. The van der Waals surface area contributed by atoms with Crippen LogP contribution in [-0.4, -0.2) is 36.6 Å². The van der Waals surface area contributed by atoms with E-state index in [-0.39, 0.29) is 6.61 Å². The number of aromatic nitrogens is 1. The normalized spacial score (nSPS) is 11.3. The molecule has 0 fully saturated rings. The molecule has 2 aromatic rings. The number of aliphatic hydroxyl groups is 1. The minimum Gasteiger partial charge on any atom is -0.392 e.